The summed E-state index contributed by atoms with van der Waals surface area (Å²) < 4.78 is 11.1. The van der Waals surface area contributed by atoms with Gasteiger partial charge >= 0.3 is 0 Å². The molecule has 0 aliphatic carbocycles. The predicted molar refractivity (Wildman–Crippen MR) is 96.6 cm³/mol. The van der Waals surface area contributed by atoms with E-state index in [1.165, 1.54) is 19.3 Å². The molecule has 0 saturated carbocycles. The second-order valence-corrected chi connectivity index (χ2v) is 5.91. The minimum absolute atomic E-state index is 0. The average Bonchev–Trinajstić information content (AvgIpc) is 3.09. The molecule has 2 saturated heterocycles. The Morgan fingerprint density at radius 2 is 2.24 bits per heavy atom. The fraction of sp³-hybridized carbons (Fsp3) is 0.933. The number of rotatable bonds is 6. The van der Waals surface area contributed by atoms with Gasteiger partial charge in [0.2, 0.25) is 0 Å². The van der Waals surface area contributed by atoms with Crippen LogP contribution in [0.15, 0.2) is 4.99 Å². The summed E-state index contributed by atoms with van der Waals surface area (Å²) in [5, 5.41) is 3.40. The van der Waals surface area contributed by atoms with Crippen LogP contribution in [0.1, 0.15) is 32.6 Å². The van der Waals surface area contributed by atoms with Crippen LogP contribution < -0.4 is 5.32 Å². The van der Waals surface area contributed by atoms with E-state index in [1.807, 2.05) is 7.05 Å². The van der Waals surface area contributed by atoms with E-state index < -0.39 is 0 Å². The molecule has 0 bridgehead atoms. The minimum atomic E-state index is 0. The third-order valence-electron chi connectivity index (χ3n) is 4.31. The summed E-state index contributed by atoms with van der Waals surface area (Å²) >= 11 is 0. The van der Waals surface area contributed by atoms with Gasteiger partial charge in [-0.25, -0.2) is 0 Å². The van der Waals surface area contributed by atoms with E-state index in [4.69, 9.17) is 9.47 Å². The van der Waals surface area contributed by atoms with Crippen molar-refractivity contribution in [2.45, 2.75) is 32.6 Å². The number of guanidine groups is 1. The monoisotopic (exact) mass is 411 g/mol. The van der Waals surface area contributed by atoms with Crippen LogP contribution >= 0.6 is 24.0 Å². The van der Waals surface area contributed by atoms with Crippen LogP contribution in [-0.2, 0) is 9.47 Å². The van der Waals surface area contributed by atoms with E-state index in [2.05, 4.69) is 22.1 Å². The third kappa shape index (κ3) is 5.56. The molecule has 124 valence electrons. The lowest BCUT2D eigenvalue weighted by atomic mass is 9.87. The SMILES string of the molecule is CCCCOCCNC(=NC)N1CCC2(CCOC2)C1.I. The number of aliphatic imine (C=N–C) groups is 1. The number of likely N-dealkylation sites (tertiary alicyclic amines) is 1. The Kier molecular flexibility index (Phi) is 8.89. The van der Waals surface area contributed by atoms with Crippen molar-refractivity contribution in [2.24, 2.45) is 10.4 Å². The molecule has 1 unspecified atom stereocenters. The van der Waals surface area contributed by atoms with Crippen LogP contribution in [0.4, 0.5) is 0 Å². The zero-order chi connectivity index (χ0) is 14.3. The molecule has 1 atom stereocenters. The molecule has 5 nitrogen and oxygen atoms in total. The quantitative estimate of drug-likeness (QED) is 0.315. The Morgan fingerprint density at radius 3 is 2.90 bits per heavy atom. The number of ether oxygens (including phenoxy) is 2. The van der Waals surface area contributed by atoms with Crippen molar-refractivity contribution in [3.8, 4) is 0 Å². The molecule has 0 radical (unpaired) electrons. The highest BCUT2D eigenvalue weighted by Gasteiger charge is 2.42. The van der Waals surface area contributed by atoms with Crippen LogP contribution in [-0.4, -0.2) is 64.0 Å². The molecule has 1 N–H and O–H groups in total. The first-order valence-electron chi connectivity index (χ1n) is 7.91. The van der Waals surface area contributed by atoms with Gasteiger partial charge in [0, 0.05) is 45.3 Å². The van der Waals surface area contributed by atoms with Crippen molar-refractivity contribution >= 4 is 29.9 Å². The predicted octanol–water partition coefficient (Wildman–Crippen LogP) is 2.11. The van der Waals surface area contributed by atoms with Gasteiger partial charge in [-0.1, -0.05) is 13.3 Å². The lowest BCUT2D eigenvalue weighted by Crippen LogP contribution is -2.42. The Balaban J connectivity index is 0.00000220. The third-order valence-corrected chi connectivity index (χ3v) is 4.31. The number of halogens is 1. The van der Waals surface area contributed by atoms with E-state index in [9.17, 15) is 0 Å². The molecule has 2 rings (SSSR count). The fourth-order valence-corrected chi connectivity index (χ4v) is 3.00. The summed E-state index contributed by atoms with van der Waals surface area (Å²) in [7, 11) is 1.86. The van der Waals surface area contributed by atoms with Crippen molar-refractivity contribution in [1.82, 2.24) is 10.2 Å². The first-order valence-corrected chi connectivity index (χ1v) is 7.91. The standard InChI is InChI=1S/C15H29N3O2.HI/c1-3-4-9-19-11-7-17-14(16-2)18-8-5-15(12-18)6-10-20-13-15;/h3-13H2,1-2H3,(H,16,17);1H. The van der Waals surface area contributed by atoms with Crippen LogP contribution in [0.25, 0.3) is 0 Å². The molecule has 1 spiro atoms. The molecular formula is C15H30IN3O2. The Labute approximate surface area is 145 Å². The van der Waals surface area contributed by atoms with E-state index in [0.717, 1.165) is 58.4 Å². The smallest absolute Gasteiger partial charge is 0.193 e. The maximum atomic E-state index is 5.57. The van der Waals surface area contributed by atoms with Crippen molar-refractivity contribution in [3.63, 3.8) is 0 Å². The zero-order valence-electron chi connectivity index (χ0n) is 13.4. The summed E-state index contributed by atoms with van der Waals surface area (Å²) in [5.41, 5.74) is 0.384. The maximum absolute atomic E-state index is 5.57. The largest absolute Gasteiger partial charge is 0.381 e. The summed E-state index contributed by atoms with van der Waals surface area (Å²) in [6, 6.07) is 0. The molecule has 2 aliphatic heterocycles. The van der Waals surface area contributed by atoms with Crippen LogP contribution in [0, 0.1) is 5.41 Å². The number of nitrogens with zero attached hydrogens (tertiary/aromatic N) is 2. The molecule has 0 aromatic rings. The van der Waals surface area contributed by atoms with E-state index in [-0.39, 0.29) is 24.0 Å². The van der Waals surface area contributed by atoms with Gasteiger partial charge in [0.25, 0.3) is 0 Å². The van der Waals surface area contributed by atoms with Crippen LogP contribution in [0.3, 0.4) is 0 Å². The Bertz CT molecular complexity index is 320. The average molecular weight is 411 g/mol. The minimum Gasteiger partial charge on any atom is -0.381 e. The van der Waals surface area contributed by atoms with Crippen molar-refractivity contribution < 1.29 is 9.47 Å². The number of hydrogen-bond donors (Lipinski definition) is 1. The molecule has 0 amide bonds. The molecule has 2 fully saturated rings. The molecule has 6 heteroatoms. The van der Waals surface area contributed by atoms with Gasteiger partial charge in [-0.2, -0.15) is 0 Å². The second-order valence-electron chi connectivity index (χ2n) is 5.91. The zero-order valence-corrected chi connectivity index (χ0v) is 15.7. The lowest BCUT2D eigenvalue weighted by molar-refractivity contribution is 0.135. The van der Waals surface area contributed by atoms with Crippen molar-refractivity contribution in [2.75, 3.05) is 53.1 Å². The van der Waals surface area contributed by atoms with Gasteiger partial charge in [-0.3, -0.25) is 4.99 Å². The highest BCUT2D eigenvalue weighted by molar-refractivity contribution is 14.0. The number of unbranched alkanes of at least 4 members (excludes halogenated alkanes) is 1. The van der Waals surface area contributed by atoms with Gasteiger partial charge in [-0.05, 0) is 19.3 Å². The van der Waals surface area contributed by atoms with Gasteiger partial charge in [-0.15, -0.1) is 24.0 Å². The van der Waals surface area contributed by atoms with Gasteiger partial charge in [0.15, 0.2) is 5.96 Å². The summed E-state index contributed by atoms with van der Waals surface area (Å²) in [6.07, 6.45) is 4.75. The van der Waals surface area contributed by atoms with Gasteiger partial charge in [0.1, 0.15) is 0 Å². The first-order chi connectivity index (χ1) is 9.79. The molecular weight excluding hydrogens is 381 g/mol. The molecule has 0 aromatic carbocycles. The maximum Gasteiger partial charge on any atom is 0.193 e. The summed E-state index contributed by atoms with van der Waals surface area (Å²) in [5.74, 6) is 1.01. The van der Waals surface area contributed by atoms with Crippen molar-refractivity contribution in [3.05, 3.63) is 0 Å². The first kappa shape index (κ1) is 19.0. The van der Waals surface area contributed by atoms with E-state index in [0.29, 0.717) is 5.41 Å². The second kappa shape index (κ2) is 9.84. The number of hydrogen-bond acceptors (Lipinski definition) is 3. The molecule has 0 aromatic heterocycles. The van der Waals surface area contributed by atoms with E-state index >= 15 is 0 Å². The van der Waals surface area contributed by atoms with Crippen molar-refractivity contribution in [1.29, 1.82) is 0 Å². The van der Waals surface area contributed by atoms with Gasteiger partial charge < -0.3 is 19.7 Å². The van der Waals surface area contributed by atoms with Gasteiger partial charge in [0.05, 0.1) is 13.2 Å². The highest BCUT2D eigenvalue weighted by Crippen LogP contribution is 2.37. The lowest BCUT2D eigenvalue weighted by Gasteiger charge is -2.24. The number of nitrogens with one attached hydrogen (secondary N) is 1. The molecule has 21 heavy (non-hydrogen) atoms. The molecule has 2 heterocycles. The topological polar surface area (TPSA) is 46.1 Å². The Hall–Kier alpha value is -0.0800. The normalized spacial score (nSPS) is 25.4. The highest BCUT2D eigenvalue weighted by atomic mass is 127. The van der Waals surface area contributed by atoms with E-state index in [1.54, 1.807) is 0 Å². The van der Waals surface area contributed by atoms with Crippen LogP contribution in [0.2, 0.25) is 0 Å². The molecule has 2 aliphatic rings. The summed E-state index contributed by atoms with van der Waals surface area (Å²) in [6.45, 7) is 8.62. The summed E-state index contributed by atoms with van der Waals surface area (Å²) in [4.78, 5) is 6.76. The Morgan fingerprint density at radius 1 is 1.38 bits per heavy atom. The van der Waals surface area contributed by atoms with Crippen LogP contribution in [0.5, 0.6) is 0 Å². The fourth-order valence-electron chi connectivity index (χ4n) is 3.00.